The van der Waals surface area contributed by atoms with Gasteiger partial charge in [-0.2, -0.15) is 5.10 Å². The lowest BCUT2D eigenvalue weighted by Gasteiger charge is -2.12. The second kappa shape index (κ2) is 7.94. The molecule has 1 aromatic heterocycles. The van der Waals surface area contributed by atoms with Gasteiger partial charge in [0.15, 0.2) is 5.69 Å². The molecule has 1 aromatic carbocycles. The summed E-state index contributed by atoms with van der Waals surface area (Å²) >= 11 is 0. The molecule has 0 spiro atoms. The SMILES string of the molecule is COc1ccc(COCCNC(=O)c2n[nH]c3c2CNCC3)cc1. The number of H-pyrrole nitrogens is 1. The molecule has 7 nitrogen and oxygen atoms in total. The molecule has 0 aliphatic carbocycles. The maximum atomic E-state index is 12.2. The summed E-state index contributed by atoms with van der Waals surface area (Å²) in [6.07, 6.45) is 0.876. The van der Waals surface area contributed by atoms with Gasteiger partial charge in [-0.25, -0.2) is 0 Å². The van der Waals surface area contributed by atoms with Crippen LogP contribution < -0.4 is 15.4 Å². The van der Waals surface area contributed by atoms with E-state index in [1.165, 1.54) is 0 Å². The van der Waals surface area contributed by atoms with Crippen LogP contribution in [0.3, 0.4) is 0 Å². The van der Waals surface area contributed by atoms with Crippen molar-refractivity contribution >= 4 is 5.91 Å². The highest BCUT2D eigenvalue weighted by molar-refractivity contribution is 5.94. The summed E-state index contributed by atoms with van der Waals surface area (Å²) in [6, 6.07) is 7.71. The minimum Gasteiger partial charge on any atom is -0.497 e. The van der Waals surface area contributed by atoms with E-state index < -0.39 is 0 Å². The number of ether oxygens (including phenoxy) is 2. The molecule has 0 radical (unpaired) electrons. The molecule has 2 heterocycles. The Kier molecular flexibility index (Phi) is 5.45. The van der Waals surface area contributed by atoms with E-state index in [0.717, 1.165) is 35.5 Å². The van der Waals surface area contributed by atoms with Crippen molar-refractivity contribution in [2.45, 2.75) is 19.6 Å². The number of fused-ring (bicyclic) bond motifs is 1. The van der Waals surface area contributed by atoms with Gasteiger partial charge in [-0.15, -0.1) is 0 Å². The van der Waals surface area contributed by atoms with Gasteiger partial charge < -0.3 is 20.1 Å². The summed E-state index contributed by atoms with van der Waals surface area (Å²) in [4.78, 5) is 12.2. The summed E-state index contributed by atoms with van der Waals surface area (Å²) < 4.78 is 10.7. The largest absolute Gasteiger partial charge is 0.497 e. The zero-order chi connectivity index (χ0) is 16.8. The average molecular weight is 330 g/mol. The number of amides is 1. The topological polar surface area (TPSA) is 88.3 Å². The first-order valence-corrected chi connectivity index (χ1v) is 8.03. The third-order valence-electron chi connectivity index (χ3n) is 3.98. The van der Waals surface area contributed by atoms with Crippen LogP contribution in [0, 0.1) is 0 Å². The third-order valence-corrected chi connectivity index (χ3v) is 3.98. The van der Waals surface area contributed by atoms with E-state index in [4.69, 9.17) is 9.47 Å². The molecule has 1 aliphatic heterocycles. The van der Waals surface area contributed by atoms with Crippen LogP contribution in [-0.2, 0) is 24.3 Å². The van der Waals surface area contributed by atoms with Crippen LogP contribution >= 0.6 is 0 Å². The number of hydrogen-bond acceptors (Lipinski definition) is 5. The van der Waals surface area contributed by atoms with Crippen molar-refractivity contribution in [2.75, 3.05) is 26.8 Å². The molecule has 0 saturated heterocycles. The molecular formula is C17H22N4O3. The molecule has 3 rings (SSSR count). The molecule has 1 amide bonds. The number of methoxy groups -OCH3 is 1. The number of carbonyl (C=O) groups is 1. The minimum atomic E-state index is -0.163. The van der Waals surface area contributed by atoms with Gasteiger partial charge in [0.2, 0.25) is 0 Å². The molecule has 0 unspecified atom stereocenters. The van der Waals surface area contributed by atoms with E-state index in [1.54, 1.807) is 7.11 Å². The second-order valence-electron chi connectivity index (χ2n) is 5.61. The Hall–Kier alpha value is -2.38. The smallest absolute Gasteiger partial charge is 0.272 e. The fraction of sp³-hybridized carbons (Fsp3) is 0.412. The lowest BCUT2D eigenvalue weighted by molar-refractivity contribution is 0.0895. The highest BCUT2D eigenvalue weighted by Crippen LogP contribution is 2.15. The average Bonchev–Trinajstić information content (AvgIpc) is 3.06. The fourth-order valence-corrected chi connectivity index (χ4v) is 2.65. The van der Waals surface area contributed by atoms with Gasteiger partial charge in [0, 0.05) is 37.3 Å². The van der Waals surface area contributed by atoms with Crippen molar-refractivity contribution in [3.63, 3.8) is 0 Å². The quantitative estimate of drug-likeness (QED) is 0.660. The van der Waals surface area contributed by atoms with Gasteiger partial charge in [0.1, 0.15) is 5.75 Å². The number of nitrogens with one attached hydrogen (secondary N) is 3. The number of aromatic amines is 1. The van der Waals surface area contributed by atoms with Crippen LogP contribution in [0.25, 0.3) is 0 Å². The zero-order valence-corrected chi connectivity index (χ0v) is 13.7. The van der Waals surface area contributed by atoms with Crippen molar-refractivity contribution in [2.24, 2.45) is 0 Å². The number of nitrogens with zero attached hydrogens (tertiary/aromatic N) is 1. The Labute approximate surface area is 140 Å². The van der Waals surface area contributed by atoms with Crippen molar-refractivity contribution in [3.8, 4) is 5.75 Å². The van der Waals surface area contributed by atoms with Gasteiger partial charge in [0.25, 0.3) is 5.91 Å². The number of benzene rings is 1. The maximum absolute atomic E-state index is 12.2. The lowest BCUT2D eigenvalue weighted by Crippen LogP contribution is -2.30. The first kappa shape index (κ1) is 16.5. The number of hydrogen-bond donors (Lipinski definition) is 3. The van der Waals surface area contributed by atoms with Gasteiger partial charge in [-0.1, -0.05) is 12.1 Å². The number of rotatable bonds is 7. The summed E-state index contributed by atoms with van der Waals surface area (Å²) in [6.45, 7) is 2.99. The van der Waals surface area contributed by atoms with Crippen molar-refractivity contribution < 1.29 is 14.3 Å². The number of carbonyl (C=O) groups excluding carboxylic acids is 1. The normalized spacial score (nSPS) is 13.4. The summed E-state index contributed by atoms with van der Waals surface area (Å²) in [5.74, 6) is 0.659. The molecule has 24 heavy (non-hydrogen) atoms. The third kappa shape index (κ3) is 3.93. The standard InChI is InChI=1S/C17H22N4O3/c1-23-13-4-2-12(3-5-13)11-24-9-8-19-17(22)16-14-10-18-7-6-15(14)20-21-16/h2-5,18H,6-11H2,1H3,(H,19,22)(H,20,21). The minimum absolute atomic E-state index is 0.163. The van der Waals surface area contributed by atoms with Crippen LogP contribution in [0.5, 0.6) is 5.75 Å². The van der Waals surface area contributed by atoms with Gasteiger partial charge in [-0.3, -0.25) is 9.89 Å². The molecule has 2 aromatic rings. The molecule has 0 bridgehead atoms. The van der Waals surface area contributed by atoms with Crippen LogP contribution in [0.15, 0.2) is 24.3 Å². The lowest BCUT2D eigenvalue weighted by atomic mass is 10.1. The predicted octanol–water partition coefficient (Wildman–Crippen LogP) is 1.01. The monoisotopic (exact) mass is 330 g/mol. The van der Waals surface area contributed by atoms with Gasteiger partial charge >= 0.3 is 0 Å². The Bertz CT molecular complexity index is 682. The summed E-state index contributed by atoms with van der Waals surface area (Å²) in [5.41, 5.74) is 3.56. The molecule has 7 heteroatoms. The van der Waals surface area contributed by atoms with Gasteiger partial charge in [0.05, 0.1) is 20.3 Å². The van der Waals surface area contributed by atoms with E-state index >= 15 is 0 Å². The fourth-order valence-electron chi connectivity index (χ4n) is 2.65. The first-order chi connectivity index (χ1) is 11.8. The van der Waals surface area contributed by atoms with Crippen molar-refractivity contribution in [1.29, 1.82) is 0 Å². The van der Waals surface area contributed by atoms with Crippen molar-refractivity contribution in [1.82, 2.24) is 20.8 Å². The molecule has 0 saturated carbocycles. The first-order valence-electron chi connectivity index (χ1n) is 8.03. The molecule has 0 atom stereocenters. The number of aromatic nitrogens is 2. The van der Waals surface area contributed by atoms with Crippen LogP contribution in [0.1, 0.15) is 27.3 Å². The Morgan fingerprint density at radius 1 is 1.33 bits per heavy atom. The van der Waals surface area contributed by atoms with E-state index in [1.807, 2.05) is 24.3 Å². The zero-order valence-electron chi connectivity index (χ0n) is 13.7. The Balaban J connectivity index is 1.40. The van der Waals surface area contributed by atoms with E-state index in [0.29, 0.717) is 32.0 Å². The van der Waals surface area contributed by atoms with Crippen LogP contribution in [0.2, 0.25) is 0 Å². The van der Waals surface area contributed by atoms with Crippen LogP contribution in [-0.4, -0.2) is 42.9 Å². The second-order valence-corrected chi connectivity index (χ2v) is 5.61. The molecule has 128 valence electrons. The van der Waals surface area contributed by atoms with Gasteiger partial charge in [-0.05, 0) is 17.7 Å². The summed E-state index contributed by atoms with van der Waals surface area (Å²) in [5, 5.41) is 13.2. The predicted molar refractivity (Wildman–Crippen MR) is 89.0 cm³/mol. The Morgan fingerprint density at radius 2 is 2.17 bits per heavy atom. The van der Waals surface area contributed by atoms with E-state index in [9.17, 15) is 4.79 Å². The van der Waals surface area contributed by atoms with Crippen molar-refractivity contribution in [3.05, 3.63) is 46.8 Å². The molecule has 1 aliphatic rings. The maximum Gasteiger partial charge on any atom is 0.272 e. The highest BCUT2D eigenvalue weighted by Gasteiger charge is 2.20. The summed E-state index contributed by atoms with van der Waals surface area (Å²) in [7, 11) is 1.64. The van der Waals surface area contributed by atoms with E-state index in [2.05, 4.69) is 20.8 Å². The Morgan fingerprint density at radius 3 is 2.96 bits per heavy atom. The molecular weight excluding hydrogens is 308 g/mol. The molecule has 0 fully saturated rings. The van der Waals surface area contributed by atoms with Crippen LogP contribution in [0.4, 0.5) is 0 Å². The van der Waals surface area contributed by atoms with E-state index in [-0.39, 0.29) is 5.91 Å². The molecule has 3 N–H and O–H groups in total. The highest BCUT2D eigenvalue weighted by atomic mass is 16.5.